The van der Waals surface area contributed by atoms with Crippen molar-refractivity contribution in [2.24, 2.45) is 5.73 Å². The molecule has 0 radical (unpaired) electrons. The molecule has 2 rings (SSSR count). The zero-order chi connectivity index (χ0) is 14.4. The number of carbonyl (C=O) groups excluding carboxylic acids is 1. The largest absolute Gasteiger partial charge is 0.352 e. The van der Waals surface area contributed by atoms with Crippen molar-refractivity contribution >= 4 is 18.3 Å². The highest BCUT2D eigenvalue weighted by Crippen LogP contribution is 2.19. The van der Waals surface area contributed by atoms with Gasteiger partial charge in [0.15, 0.2) is 0 Å². The van der Waals surface area contributed by atoms with Crippen LogP contribution in [0.15, 0.2) is 0 Å². The van der Waals surface area contributed by atoms with Crippen molar-refractivity contribution in [1.82, 2.24) is 10.2 Å². The van der Waals surface area contributed by atoms with Crippen molar-refractivity contribution in [1.29, 1.82) is 0 Å². The van der Waals surface area contributed by atoms with E-state index in [0.29, 0.717) is 18.6 Å². The maximum absolute atomic E-state index is 12.3. The summed E-state index contributed by atoms with van der Waals surface area (Å²) in [6.45, 7) is 3.61. The maximum atomic E-state index is 12.3. The third-order valence-electron chi connectivity index (χ3n) is 4.84. The molecular formula is C16H32ClN3O. The predicted octanol–water partition coefficient (Wildman–Crippen LogP) is 2.45. The van der Waals surface area contributed by atoms with Crippen LogP contribution in [0.2, 0.25) is 0 Å². The number of nitrogens with zero attached hydrogens (tertiary/aromatic N) is 1. The molecule has 1 heterocycles. The van der Waals surface area contributed by atoms with Crippen LogP contribution in [0.1, 0.15) is 64.7 Å². The van der Waals surface area contributed by atoms with Gasteiger partial charge in [0.05, 0.1) is 6.54 Å². The maximum Gasteiger partial charge on any atom is 0.234 e. The summed E-state index contributed by atoms with van der Waals surface area (Å²) in [7, 11) is 0. The highest BCUT2D eigenvalue weighted by Gasteiger charge is 2.27. The van der Waals surface area contributed by atoms with Gasteiger partial charge in [0, 0.05) is 18.1 Å². The van der Waals surface area contributed by atoms with E-state index >= 15 is 0 Å². The van der Waals surface area contributed by atoms with Gasteiger partial charge in [-0.05, 0) is 39.2 Å². The summed E-state index contributed by atoms with van der Waals surface area (Å²) < 4.78 is 0. The van der Waals surface area contributed by atoms with Gasteiger partial charge >= 0.3 is 0 Å². The number of nitrogens with two attached hydrogens (primary N) is 1. The van der Waals surface area contributed by atoms with Crippen molar-refractivity contribution in [2.75, 3.05) is 13.1 Å². The summed E-state index contributed by atoms with van der Waals surface area (Å²) in [5.74, 6) is 0.199. The molecule has 3 N–H and O–H groups in total. The topological polar surface area (TPSA) is 58.4 Å². The Hall–Kier alpha value is -0.320. The van der Waals surface area contributed by atoms with Gasteiger partial charge in [0.2, 0.25) is 5.91 Å². The van der Waals surface area contributed by atoms with Crippen LogP contribution in [0.5, 0.6) is 0 Å². The molecule has 0 bridgehead atoms. The lowest BCUT2D eigenvalue weighted by molar-refractivity contribution is -0.124. The van der Waals surface area contributed by atoms with E-state index in [9.17, 15) is 4.79 Å². The van der Waals surface area contributed by atoms with Crippen molar-refractivity contribution in [3.8, 4) is 0 Å². The van der Waals surface area contributed by atoms with Gasteiger partial charge in [-0.2, -0.15) is 0 Å². The first-order chi connectivity index (χ1) is 9.66. The fourth-order valence-electron chi connectivity index (χ4n) is 3.69. The van der Waals surface area contributed by atoms with Crippen LogP contribution in [0, 0.1) is 0 Å². The third kappa shape index (κ3) is 6.13. The van der Waals surface area contributed by atoms with E-state index < -0.39 is 0 Å². The standard InChI is InChI=1S/C16H31N3O.ClH/c1-13(17)15-10-6-7-11-19(15)12-16(20)18-14-8-4-2-3-5-9-14;/h13-15H,2-12,17H2,1H3,(H,18,20);1H. The number of likely N-dealkylation sites (tertiary alicyclic amines) is 1. The Balaban J connectivity index is 0.00000220. The molecule has 0 spiro atoms. The summed E-state index contributed by atoms with van der Waals surface area (Å²) in [6.07, 6.45) is 11.1. The van der Waals surface area contributed by atoms with Crippen LogP contribution in [0.4, 0.5) is 0 Å². The van der Waals surface area contributed by atoms with Gasteiger partial charge in [-0.1, -0.05) is 32.1 Å². The molecule has 4 nitrogen and oxygen atoms in total. The monoisotopic (exact) mass is 317 g/mol. The molecule has 0 aromatic carbocycles. The summed E-state index contributed by atoms with van der Waals surface area (Å²) in [5.41, 5.74) is 6.06. The van der Waals surface area contributed by atoms with E-state index in [4.69, 9.17) is 5.73 Å². The van der Waals surface area contributed by atoms with Crippen LogP contribution >= 0.6 is 12.4 Å². The first-order valence-corrected chi connectivity index (χ1v) is 8.46. The molecule has 0 aromatic rings. The van der Waals surface area contributed by atoms with Gasteiger partial charge in [0.1, 0.15) is 0 Å². The third-order valence-corrected chi connectivity index (χ3v) is 4.84. The number of halogens is 1. The number of rotatable bonds is 4. The molecular weight excluding hydrogens is 286 g/mol. The number of amides is 1. The second-order valence-electron chi connectivity index (χ2n) is 6.65. The number of piperidine rings is 1. The Morgan fingerprint density at radius 1 is 1.14 bits per heavy atom. The Morgan fingerprint density at radius 2 is 1.76 bits per heavy atom. The fraction of sp³-hybridized carbons (Fsp3) is 0.938. The van der Waals surface area contributed by atoms with Crippen LogP contribution < -0.4 is 11.1 Å². The van der Waals surface area contributed by atoms with Gasteiger partial charge in [-0.3, -0.25) is 9.69 Å². The molecule has 1 saturated carbocycles. The second-order valence-corrected chi connectivity index (χ2v) is 6.65. The second kappa shape index (κ2) is 9.65. The van der Waals surface area contributed by atoms with Crippen molar-refractivity contribution < 1.29 is 4.79 Å². The highest BCUT2D eigenvalue weighted by atomic mass is 35.5. The van der Waals surface area contributed by atoms with Gasteiger partial charge in [-0.25, -0.2) is 0 Å². The van der Waals surface area contributed by atoms with Crippen molar-refractivity contribution in [3.63, 3.8) is 0 Å². The quantitative estimate of drug-likeness (QED) is 0.783. The first kappa shape index (κ1) is 18.7. The Morgan fingerprint density at radius 3 is 2.38 bits per heavy atom. The Bertz CT molecular complexity index is 304. The van der Waals surface area contributed by atoms with Gasteiger partial charge in [0.25, 0.3) is 0 Å². The molecule has 1 aliphatic carbocycles. The zero-order valence-electron chi connectivity index (χ0n) is 13.4. The Kier molecular flexibility index (Phi) is 8.60. The lowest BCUT2D eigenvalue weighted by atomic mass is 9.97. The first-order valence-electron chi connectivity index (χ1n) is 8.46. The van der Waals surface area contributed by atoms with E-state index in [1.165, 1.54) is 38.5 Å². The molecule has 0 aromatic heterocycles. The molecule has 1 saturated heterocycles. The number of hydrogen-bond acceptors (Lipinski definition) is 3. The number of nitrogens with one attached hydrogen (secondary N) is 1. The molecule has 2 atom stereocenters. The molecule has 124 valence electrons. The fourth-order valence-corrected chi connectivity index (χ4v) is 3.69. The summed E-state index contributed by atoms with van der Waals surface area (Å²) in [6, 6.07) is 0.938. The molecule has 2 aliphatic rings. The molecule has 1 amide bonds. The lowest BCUT2D eigenvalue weighted by Crippen LogP contribution is -2.53. The summed E-state index contributed by atoms with van der Waals surface area (Å²) >= 11 is 0. The van der Waals surface area contributed by atoms with Crippen LogP contribution in [-0.2, 0) is 4.79 Å². The SMILES string of the molecule is CC(N)C1CCCCN1CC(=O)NC1CCCCCC1.Cl. The zero-order valence-corrected chi connectivity index (χ0v) is 14.2. The average molecular weight is 318 g/mol. The van der Waals surface area contributed by atoms with Gasteiger partial charge < -0.3 is 11.1 Å². The molecule has 5 heteroatoms. The van der Waals surface area contributed by atoms with Crippen molar-refractivity contribution in [3.05, 3.63) is 0 Å². The molecule has 2 unspecified atom stereocenters. The van der Waals surface area contributed by atoms with E-state index in [2.05, 4.69) is 17.1 Å². The van der Waals surface area contributed by atoms with E-state index in [1.807, 2.05) is 0 Å². The number of hydrogen-bond donors (Lipinski definition) is 2. The molecule has 1 aliphatic heterocycles. The van der Waals surface area contributed by atoms with Crippen LogP contribution in [-0.4, -0.2) is 42.0 Å². The Labute approximate surface area is 135 Å². The van der Waals surface area contributed by atoms with Gasteiger partial charge in [-0.15, -0.1) is 12.4 Å². The normalized spacial score (nSPS) is 26.5. The van der Waals surface area contributed by atoms with E-state index in [1.54, 1.807) is 0 Å². The summed E-state index contributed by atoms with van der Waals surface area (Å²) in [4.78, 5) is 14.6. The van der Waals surface area contributed by atoms with Crippen LogP contribution in [0.3, 0.4) is 0 Å². The average Bonchev–Trinajstić information content (AvgIpc) is 2.67. The lowest BCUT2D eigenvalue weighted by Gasteiger charge is -2.37. The van der Waals surface area contributed by atoms with Crippen LogP contribution in [0.25, 0.3) is 0 Å². The summed E-state index contributed by atoms with van der Waals surface area (Å²) in [5, 5.41) is 3.24. The van der Waals surface area contributed by atoms with E-state index in [-0.39, 0.29) is 24.4 Å². The smallest absolute Gasteiger partial charge is 0.234 e. The molecule has 21 heavy (non-hydrogen) atoms. The van der Waals surface area contributed by atoms with E-state index in [0.717, 1.165) is 25.8 Å². The highest BCUT2D eigenvalue weighted by molar-refractivity contribution is 5.85. The minimum absolute atomic E-state index is 0. The molecule has 2 fully saturated rings. The minimum Gasteiger partial charge on any atom is -0.352 e. The number of carbonyl (C=O) groups is 1. The van der Waals surface area contributed by atoms with Crippen molar-refractivity contribution in [2.45, 2.75) is 82.8 Å². The minimum atomic E-state index is 0. The predicted molar refractivity (Wildman–Crippen MR) is 89.7 cm³/mol.